The fourth-order valence-corrected chi connectivity index (χ4v) is 5.17. The molecule has 1 aromatic heterocycles. The van der Waals surface area contributed by atoms with E-state index in [1.807, 2.05) is 44.2 Å². The molecule has 0 radical (unpaired) electrons. The standard InChI is InChI=1S/C29H36N8O5/c1-3-16(2)27(33-24(38)11-17-7-5-4-6-8-17)26(30)20(14-25(39)40)28(41)18-9-10-21-19(12-18)13-22(32-21)29(42)31-15-23-34-36-37-35-23/h4-10,12,16,20,22,26-27,32H,3,11,13-15,30H2,1-2H3,(H,31,42)(H,33,38)(H,39,40)(H,34,35,36,37). The second kappa shape index (κ2) is 13.8. The molecule has 0 bridgehead atoms. The maximum Gasteiger partial charge on any atom is 0.304 e. The van der Waals surface area contributed by atoms with Gasteiger partial charge >= 0.3 is 5.97 Å². The van der Waals surface area contributed by atoms with Crippen LogP contribution in [-0.4, -0.2) is 67.4 Å². The molecule has 13 nitrogen and oxygen atoms in total. The van der Waals surface area contributed by atoms with Gasteiger partial charge in [-0.1, -0.05) is 55.8 Å². The number of H-pyrrole nitrogens is 1. The number of tetrazole rings is 1. The predicted octanol–water partition coefficient (Wildman–Crippen LogP) is 1.23. The predicted molar refractivity (Wildman–Crippen MR) is 153 cm³/mol. The van der Waals surface area contributed by atoms with E-state index in [-0.39, 0.29) is 30.7 Å². The molecule has 2 amide bonds. The van der Waals surface area contributed by atoms with E-state index in [9.17, 15) is 24.3 Å². The van der Waals surface area contributed by atoms with Gasteiger partial charge in [-0.25, -0.2) is 0 Å². The van der Waals surface area contributed by atoms with Crippen LogP contribution in [0, 0.1) is 11.8 Å². The first-order chi connectivity index (χ1) is 20.2. The van der Waals surface area contributed by atoms with Gasteiger partial charge in [0.15, 0.2) is 11.6 Å². The minimum atomic E-state index is -1.16. The van der Waals surface area contributed by atoms with Gasteiger partial charge in [0.2, 0.25) is 11.8 Å². The minimum Gasteiger partial charge on any atom is -0.481 e. The molecule has 5 atom stereocenters. The maximum absolute atomic E-state index is 13.8. The van der Waals surface area contributed by atoms with E-state index in [2.05, 4.69) is 36.6 Å². The van der Waals surface area contributed by atoms with Crippen molar-refractivity contribution in [3.63, 3.8) is 0 Å². The van der Waals surface area contributed by atoms with Crippen LogP contribution in [0.1, 0.15) is 54.0 Å². The average Bonchev–Trinajstić information content (AvgIpc) is 3.66. The highest BCUT2D eigenvalue weighted by Crippen LogP contribution is 2.29. The average molecular weight is 577 g/mol. The Balaban J connectivity index is 1.48. The number of aliphatic carboxylic acids is 1. The van der Waals surface area contributed by atoms with Crippen molar-refractivity contribution in [3.8, 4) is 0 Å². The van der Waals surface area contributed by atoms with Crippen molar-refractivity contribution in [1.82, 2.24) is 31.3 Å². The number of aromatic nitrogens is 4. The number of benzene rings is 2. The number of amides is 2. The summed E-state index contributed by atoms with van der Waals surface area (Å²) >= 11 is 0. The smallest absolute Gasteiger partial charge is 0.304 e. The second-order valence-corrected chi connectivity index (χ2v) is 10.6. The number of Topliss-reactive ketones (excluding diaryl/α,β-unsaturated/α-hetero) is 1. The molecule has 3 aromatic rings. The lowest BCUT2D eigenvalue weighted by Crippen LogP contribution is -2.56. The lowest BCUT2D eigenvalue weighted by Gasteiger charge is -2.34. The molecule has 222 valence electrons. The number of aromatic amines is 1. The lowest BCUT2D eigenvalue weighted by atomic mass is 9.80. The van der Waals surface area contributed by atoms with E-state index in [1.54, 1.807) is 18.2 Å². The minimum absolute atomic E-state index is 0.111. The number of carbonyl (C=O) groups excluding carboxylic acids is 3. The maximum atomic E-state index is 13.8. The third-order valence-corrected chi connectivity index (χ3v) is 7.67. The van der Waals surface area contributed by atoms with Crippen LogP contribution < -0.4 is 21.7 Å². The molecule has 0 saturated carbocycles. The van der Waals surface area contributed by atoms with Crippen molar-refractivity contribution < 1.29 is 24.3 Å². The molecule has 0 spiro atoms. The summed E-state index contributed by atoms with van der Waals surface area (Å²) in [4.78, 5) is 51.3. The summed E-state index contributed by atoms with van der Waals surface area (Å²) in [5.74, 6) is -2.96. The third-order valence-electron chi connectivity index (χ3n) is 7.67. The van der Waals surface area contributed by atoms with Gasteiger partial charge in [0.25, 0.3) is 0 Å². The van der Waals surface area contributed by atoms with Gasteiger partial charge in [-0.3, -0.25) is 19.2 Å². The fraction of sp³-hybridized carbons (Fsp3) is 0.414. The van der Waals surface area contributed by atoms with Crippen LogP contribution in [0.3, 0.4) is 0 Å². The first-order valence-corrected chi connectivity index (χ1v) is 13.9. The van der Waals surface area contributed by atoms with Gasteiger partial charge in [-0.05, 0) is 35.2 Å². The number of hydrogen-bond donors (Lipinski definition) is 6. The third kappa shape index (κ3) is 7.55. The molecule has 0 aliphatic carbocycles. The number of nitrogens with one attached hydrogen (secondary N) is 4. The molecule has 2 aromatic carbocycles. The molecule has 0 fully saturated rings. The molecule has 0 saturated heterocycles. The molecule has 1 aliphatic heterocycles. The van der Waals surface area contributed by atoms with Crippen LogP contribution >= 0.6 is 0 Å². The van der Waals surface area contributed by atoms with Gasteiger partial charge in [0.05, 0.1) is 19.4 Å². The van der Waals surface area contributed by atoms with E-state index in [0.29, 0.717) is 29.9 Å². The van der Waals surface area contributed by atoms with Crippen LogP contribution in [0.5, 0.6) is 0 Å². The van der Waals surface area contributed by atoms with Crippen molar-refractivity contribution in [2.75, 3.05) is 5.32 Å². The van der Waals surface area contributed by atoms with Gasteiger partial charge in [0, 0.05) is 35.7 Å². The van der Waals surface area contributed by atoms with Crippen LogP contribution in [0.15, 0.2) is 48.5 Å². The number of fused-ring (bicyclic) bond motifs is 1. The quantitative estimate of drug-likeness (QED) is 0.151. The van der Waals surface area contributed by atoms with Crippen LogP contribution in [-0.2, 0) is 33.8 Å². The Morgan fingerprint density at radius 3 is 2.57 bits per heavy atom. The van der Waals surface area contributed by atoms with Crippen LogP contribution in [0.2, 0.25) is 0 Å². The topological polar surface area (TPSA) is 205 Å². The van der Waals surface area contributed by atoms with Crippen molar-refractivity contribution in [2.45, 2.75) is 64.2 Å². The van der Waals surface area contributed by atoms with E-state index in [0.717, 1.165) is 11.1 Å². The van der Waals surface area contributed by atoms with Gasteiger partial charge in [-0.2, -0.15) is 5.21 Å². The highest BCUT2D eigenvalue weighted by atomic mass is 16.4. The Bertz CT molecular complexity index is 1400. The van der Waals surface area contributed by atoms with Crippen molar-refractivity contribution in [2.24, 2.45) is 17.6 Å². The molecule has 5 unspecified atom stereocenters. The normalized spacial score (nSPS) is 16.8. The van der Waals surface area contributed by atoms with Crippen molar-refractivity contribution >= 4 is 29.3 Å². The van der Waals surface area contributed by atoms with Crippen molar-refractivity contribution in [3.05, 3.63) is 71.0 Å². The number of carboxylic acids is 1. The molecular weight excluding hydrogens is 540 g/mol. The number of hydrogen-bond acceptors (Lipinski definition) is 9. The number of carboxylic acid groups (broad SMARTS) is 1. The zero-order valence-electron chi connectivity index (χ0n) is 23.5. The highest BCUT2D eigenvalue weighted by Gasteiger charge is 2.37. The SMILES string of the molecule is CCC(C)C(NC(=O)Cc1ccccc1)C(N)C(CC(=O)O)C(=O)c1ccc2c(c1)CC(C(=O)NCc1nn[nH]n1)N2. The first-order valence-electron chi connectivity index (χ1n) is 13.9. The molecule has 2 heterocycles. The summed E-state index contributed by atoms with van der Waals surface area (Å²) in [5.41, 5.74) is 9.21. The Labute approximate surface area is 243 Å². The zero-order chi connectivity index (χ0) is 30.2. The van der Waals surface area contributed by atoms with Crippen LogP contribution in [0.25, 0.3) is 0 Å². The largest absolute Gasteiger partial charge is 0.481 e. The Hall–Kier alpha value is -4.65. The monoisotopic (exact) mass is 576 g/mol. The molecule has 1 aliphatic rings. The van der Waals surface area contributed by atoms with Gasteiger partial charge in [0.1, 0.15) is 6.04 Å². The Kier molecular flexibility index (Phi) is 9.97. The summed E-state index contributed by atoms with van der Waals surface area (Å²) in [5, 5.41) is 31.9. The van der Waals surface area contributed by atoms with E-state index >= 15 is 0 Å². The number of ketones is 1. The summed E-state index contributed by atoms with van der Waals surface area (Å²) in [6.07, 6.45) is 0.644. The molecule has 4 rings (SSSR count). The van der Waals surface area contributed by atoms with E-state index in [1.165, 1.54) is 0 Å². The molecular formula is C29H36N8O5. The highest BCUT2D eigenvalue weighted by molar-refractivity contribution is 6.01. The summed E-state index contributed by atoms with van der Waals surface area (Å²) in [6.45, 7) is 3.98. The van der Waals surface area contributed by atoms with Crippen molar-refractivity contribution in [1.29, 1.82) is 0 Å². The summed E-state index contributed by atoms with van der Waals surface area (Å²) in [6, 6.07) is 12.1. The summed E-state index contributed by atoms with van der Waals surface area (Å²) in [7, 11) is 0. The van der Waals surface area contributed by atoms with Gasteiger partial charge < -0.3 is 26.8 Å². The van der Waals surface area contributed by atoms with Crippen LogP contribution in [0.4, 0.5) is 5.69 Å². The number of anilines is 1. The Morgan fingerprint density at radius 1 is 1.14 bits per heavy atom. The molecule has 13 heteroatoms. The van der Waals surface area contributed by atoms with E-state index in [4.69, 9.17) is 5.73 Å². The van der Waals surface area contributed by atoms with Gasteiger partial charge in [-0.15, -0.1) is 10.2 Å². The molecule has 7 N–H and O–H groups in total. The second-order valence-electron chi connectivity index (χ2n) is 10.6. The Morgan fingerprint density at radius 2 is 1.90 bits per heavy atom. The van der Waals surface area contributed by atoms with E-state index < -0.39 is 42.2 Å². The number of carbonyl (C=O) groups is 4. The lowest BCUT2D eigenvalue weighted by molar-refractivity contribution is -0.138. The molecule has 42 heavy (non-hydrogen) atoms. The number of nitrogens with two attached hydrogens (primary N) is 1. The number of rotatable bonds is 14. The zero-order valence-corrected chi connectivity index (χ0v) is 23.5. The first kappa shape index (κ1) is 30.3. The fourth-order valence-electron chi connectivity index (χ4n) is 5.17. The summed E-state index contributed by atoms with van der Waals surface area (Å²) < 4.78 is 0. The number of nitrogens with zero attached hydrogens (tertiary/aromatic N) is 3.